The Balaban J connectivity index is 1.97. The maximum absolute atomic E-state index is 9.15. The highest BCUT2D eigenvalue weighted by molar-refractivity contribution is 5.43. The zero-order chi connectivity index (χ0) is 12.1. The summed E-state index contributed by atoms with van der Waals surface area (Å²) in [6.07, 6.45) is 0.597. The summed E-state index contributed by atoms with van der Waals surface area (Å²) in [5, 5.41) is 12.3. The van der Waals surface area contributed by atoms with Crippen LogP contribution in [0.2, 0.25) is 0 Å². The fourth-order valence-electron chi connectivity index (χ4n) is 1.74. The summed E-state index contributed by atoms with van der Waals surface area (Å²) >= 11 is 0. The molecule has 1 aliphatic heterocycles. The van der Waals surface area contributed by atoms with Gasteiger partial charge in [0.05, 0.1) is 19.3 Å². The van der Waals surface area contributed by atoms with E-state index in [2.05, 4.69) is 5.32 Å². The third kappa shape index (κ3) is 3.61. The van der Waals surface area contributed by atoms with Crippen LogP contribution >= 0.6 is 0 Å². The Bertz CT molecular complexity index is 366. The molecule has 0 saturated heterocycles. The minimum absolute atomic E-state index is 0.324. The van der Waals surface area contributed by atoms with Gasteiger partial charge in [0, 0.05) is 19.5 Å². The molecule has 1 atom stereocenters. The first kappa shape index (κ1) is 12.2. The van der Waals surface area contributed by atoms with E-state index in [9.17, 15) is 0 Å². The van der Waals surface area contributed by atoms with Gasteiger partial charge >= 0.3 is 0 Å². The van der Waals surface area contributed by atoms with Crippen LogP contribution in [-0.4, -0.2) is 31.0 Å². The van der Waals surface area contributed by atoms with E-state index < -0.39 is 0 Å². The van der Waals surface area contributed by atoms with Crippen LogP contribution in [0.5, 0.6) is 11.5 Å². The van der Waals surface area contributed by atoms with Crippen molar-refractivity contribution in [2.45, 2.75) is 26.0 Å². The predicted molar refractivity (Wildman–Crippen MR) is 65.4 cm³/mol. The molecule has 0 radical (unpaired) electrons. The summed E-state index contributed by atoms with van der Waals surface area (Å²) in [7, 11) is 0. The molecule has 1 heterocycles. The Hall–Kier alpha value is -1.26. The largest absolute Gasteiger partial charge is 0.490 e. The van der Waals surface area contributed by atoms with E-state index in [1.165, 1.54) is 0 Å². The number of aliphatic hydroxyl groups is 1. The van der Waals surface area contributed by atoms with Crippen LogP contribution in [0.25, 0.3) is 0 Å². The lowest BCUT2D eigenvalue weighted by molar-refractivity contribution is 0.191. The molecule has 1 aromatic rings. The molecule has 0 amide bonds. The van der Waals surface area contributed by atoms with Gasteiger partial charge in [0.25, 0.3) is 0 Å². The van der Waals surface area contributed by atoms with Crippen molar-refractivity contribution in [1.82, 2.24) is 5.32 Å². The Kier molecular flexibility index (Phi) is 4.23. The summed E-state index contributed by atoms with van der Waals surface area (Å²) in [6.45, 7) is 4.50. The number of fused-ring (bicyclic) bond motifs is 1. The third-order valence-electron chi connectivity index (χ3n) is 2.58. The molecule has 0 bridgehead atoms. The van der Waals surface area contributed by atoms with Crippen molar-refractivity contribution in [3.8, 4) is 11.5 Å². The van der Waals surface area contributed by atoms with Gasteiger partial charge in [-0.25, -0.2) is 0 Å². The monoisotopic (exact) mass is 237 g/mol. The molecule has 17 heavy (non-hydrogen) atoms. The number of aliphatic hydroxyl groups excluding tert-OH is 1. The average Bonchev–Trinajstić information content (AvgIpc) is 2.53. The second-order valence-electron chi connectivity index (χ2n) is 4.31. The van der Waals surface area contributed by atoms with Gasteiger partial charge in [-0.05, 0) is 24.6 Å². The van der Waals surface area contributed by atoms with E-state index in [0.29, 0.717) is 19.8 Å². The van der Waals surface area contributed by atoms with E-state index in [0.717, 1.165) is 30.0 Å². The first-order chi connectivity index (χ1) is 8.25. The zero-order valence-corrected chi connectivity index (χ0v) is 10.1. The molecule has 0 spiro atoms. The number of hydrogen-bond acceptors (Lipinski definition) is 4. The number of hydrogen-bond donors (Lipinski definition) is 2. The van der Waals surface area contributed by atoms with Crippen molar-refractivity contribution in [1.29, 1.82) is 0 Å². The topological polar surface area (TPSA) is 50.7 Å². The summed E-state index contributed by atoms with van der Waals surface area (Å²) < 4.78 is 11.2. The molecule has 1 unspecified atom stereocenters. The van der Waals surface area contributed by atoms with Crippen molar-refractivity contribution in [3.63, 3.8) is 0 Å². The lowest BCUT2D eigenvalue weighted by Gasteiger charge is -2.10. The summed E-state index contributed by atoms with van der Waals surface area (Å²) in [5.41, 5.74) is 1.13. The van der Waals surface area contributed by atoms with E-state index in [4.69, 9.17) is 14.6 Å². The van der Waals surface area contributed by atoms with E-state index in [1.54, 1.807) is 6.92 Å². The lowest BCUT2D eigenvalue weighted by atomic mass is 10.2. The Morgan fingerprint density at radius 1 is 1.29 bits per heavy atom. The standard InChI is InChI=1S/C13H19NO3/c1-10(15)8-14-9-11-3-4-12-13(7-11)17-6-2-5-16-12/h3-4,7,10,14-15H,2,5-6,8-9H2,1H3. The summed E-state index contributed by atoms with van der Waals surface area (Å²) in [5.74, 6) is 1.64. The maximum atomic E-state index is 9.15. The number of benzene rings is 1. The molecular weight excluding hydrogens is 218 g/mol. The number of nitrogens with one attached hydrogen (secondary N) is 1. The minimum Gasteiger partial charge on any atom is -0.490 e. The molecule has 0 fully saturated rings. The van der Waals surface area contributed by atoms with Crippen LogP contribution in [-0.2, 0) is 6.54 Å². The van der Waals surface area contributed by atoms with Crippen LogP contribution in [0.4, 0.5) is 0 Å². The van der Waals surface area contributed by atoms with Crippen molar-refractivity contribution < 1.29 is 14.6 Å². The third-order valence-corrected chi connectivity index (χ3v) is 2.58. The highest BCUT2D eigenvalue weighted by Crippen LogP contribution is 2.30. The summed E-state index contributed by atoms with van der Waals surface area (Å²) in [6, 6.07) is 5.96. The molecule has 2 N–H and O–H groups in total. The van der Waals surface area contributed by atoms with Crippen LogP contribution in [0.15, 0.2) is 18.2 Å². The second kappa shape index (κ2) is 5.89. The zero-order valence-electron chi connectivity index (χ0n) is 10.1. The molecular formula is C13H19NO3. The first-order valence-corrected chi connectivity index (χ1v) is 6.03. The Morgan fingerprint density at radius 2 is 2.06 bits per heavy atom. The Morgan fingerprint density at radius 3 is 2.82 bits per heavy atom. The van der Waals surface area contributed by atoms with Crippen LogP contribution < -0.4 is 14.8 Å². The van der Waals surface area contributed by atoms with Crippen molar-refractivity contribution >= 4 is 0 Å². The molecule has 2 rings (SSSR count). The smallest absolute Gasteiger partial charge is 0.161 e. The van der Waals surface area contributed by atoms with E-state index in [1.807, 2.05) is 18.2 Å². The second-order valence-corrected chi connectivity index (χ2v) is 4.31. The van der Waals surface area contributed by atoms with Gasteiger partial charge in [0.15, 0.2) is 11.5 Å². The minimum atomic E-state index is -0.324. The van der Waals surface area contributed by atoms with Gasteiger partial charge < -0.3 is 19.9 Å². The molecule has 94 valence electrons. The van der Waals surface area contributed by atoms with Crippen molar-refractivity contribution in [3.05, 3.63) is 23.8 Å². The molecule has 4 nitrogen and oxygen atoms in total. The van der Waals surface area contributed by atoms with Gasteiger partial charge in [0.2, 0.25) is 0 Å². The van der Waals surface area contributed by atoms with Crippen LogP contribution in [0, 0.1) is 0 Å². The Labute approximate surface area is 102 Å². The van der Waals surface area contributed by atoms with Crippen LogP contribution in [0.3, 0.4) is 0 Å². The molecule has 4 heteroatoms. The fourth-order valence-corrected chi connectivity index (χ4v) is 1.74. The number of ether oxygens (including phenoxy) is 2. The lowest BCUT2D eigenvalue weighted by Crippen LogP contribution is -2.23. The summed E-state index contributed by atoms with van der Waals surface area (Å²) in [4.78, 5) is 0. The SMILES string of the molecule is CC(O)CNCc1ccc2c(c1)OCCCO2. The highest BCUT2D eigenvalue weighted by atomic mass is 16.5. The quantitative estimate of drug-likeness (QED) is 0.829. The van der Waals surface area contributed by atoms with Gasteiger partial charge in [-0.2, -0.15) is 0 Å². The molecule has 0 aliphatic carbocycles. The van der Waals surface area contributed by atoms with Gasteiger partial charge in [-0.3, -0.25) is 0 Å². The highest BCUT2D eigenvalue weighted by Gasteiger charge is 2.10. The maximum Gasteiger partial charge on any atom is 0.161 e. The van der Waals surface area contributed by atoms with E-state index in [-0.39, 0.29) is 6.10 Å². The molecule has 0 aromatic heterocycles. The first-order valence-electron chi connectivity index (χ1n) is 6.03. The van der Waals surface area contributed by atoms with Crippen molar-refractivity contribution in [2.24, 2.45) is 0 Å². The van der Waals surface area contributed by atoms with Gasteiger partial charge in [0.1, 0.15) is 0 Å². The van der Waals surface area contributed by atoms with Gasteiger partial charge in [-0.1, -0.05) is 6.07 Å². The predicted octanol–water partition coefficient (Wildman–Crippen LogP) is 1.32. The fraction of sp³-hybridized carbons (Fsp3) is 0.538. The average molecular weight is 237 g/mol. The number of rotatable bonds is 4. The normalized spacial score (nSPS) is 16.4. The van der Waals surface area contributed by atoms with Gasteiger partial charge in [-0.15, -0.1) is 0 Å². The molecule has 0 saturated carbocycles. The van der Waals surface area contributed by atoms with E-state index >= 15 is 0 Å². The molecule has 1 aliphatic rings. The van der Waals surface area contributed by atoms with Crippen LogP contribution in [0.1, 0.15) is 18.9 Å². The van der Waals surface area contributed by atoms with Crippen molar-refractivity contribution in [2.75, 3.05) is 19.8 Å². The molecule has 1 aromatic carbocycles.